The lowest BCUT2D eigenvalue weighted by Crippen LogP contribution is -2.20. The number of allylic oxidation sites excluding steroid dienone is 2. The van der Waals surface area contributed by atoms with Crippen LogP contribution >= 0.6 is 0 Å². The van der Waals surface area contributed by atoms with Gasteiger partial charge in [-0.15, -0.1) is 0 Å². The Labute approximate surface area is 76.0 Å². The van der Waals surface area contributed by atoms with E-state index >= 15 is 0 Å². The van der Waals surface area contributed by atoms with Crippen molar-refractivity contribution in [1.82, 2.24) is 0 Å². The van der Waals surface area contributed by atoms with Crippen molar-refractivity contribution in [3.63, 3.8) is 0 Å². The second-order valence-corrected chi connectivity index (χ2v) is 4.83. The van der Waals surface area contributed by atoms with E-state index in [2.05, 4.69) is 20.8 Å². The summed E-state index contributed by atoms with van der Waals surface area (Å²) in [7, 11) is 0. The average molecular weight is 167 g/mol. The summed E-state index contributed by atoms with van der Waals surface area (Å²) in [6.45, 7) is 6.60. The van der Waals surface area contributed by atoms with Crippen LogP contribution in [0.25, 0.3) is 0 Å². The number of hydrogen-bond acceptors (Lipinski definition) is 1. The quantitative estimate of drug-likeness (QED) is 0.589. The van der Waals surface area contributed by atoms with Gasteiger partial charge in [-0.2, -0.15) is 0 Å². The van der Waals surface area contributed by atoms with Crippen LogP contribution in [0.5, 0.6) is 0 Å². The summed E-state index contributed by atoms with van der Waals surface area (Å²) in [6.07, 6.45) is 6.55. The van der Waals surface area contributed by atoms with Crippen LogP contribution in [0.4, 0.5) is 0 Å². The van der Waals surface area contributed by atoms with Crippen LogP contribution in [-0.4, -0.2) is 0 Å². The average Bonchev–Trinajstić information content (AvgIpc) is 2.03. The van der Waals surface area contributed by atoms with E-state index in [9.17, 15) is 0 Å². The Kier molecular flexibility index (Phi) is 2.81. The maximum absolute atomic E-state index is 6.11. The lowest BCUT2D eigenvalue weighted by molar-refractivity contribution is 0.473. The molecule has 2 N–H and O–H groups in total. The fraction of sp³-hybridized carbons (Fsp3) is 0.818. The largest absolute Gasteiger partial charge is 0.402 e. The number of nitrogens with two attached hydrogens (primary N) is 1. The molecule has 0 radical (unpaired) electrons. The van der Waals surface area contributed by atoms with Gasteiger partial charge in [-0.05, 0) is 25.7 Å². The summed E-state index contributed by atoms with van der Waals surface area (Å²) in [6, 6.07) is 0. The molecule has 0 saturated heterocycles. The SMILES string of the molecule is CC(C)(C)C(N)=C1CCCCC1. The van der Waals surface area contributed by atoms with Crippen LogP contribution in [0.2, 0.25) is 0 Å². The third kappa shape index (κ3) is 2.26. The van der Waals surface area contributed by atoms with Gasteiger partial charge < -0.3 is 5.73 Å². The van der Waals surface area contributed by atoms with Crippen LogP contribution in [0.1, 0.15) is 52.9 Å². The molecule has 1 saturated carbocycles. The second-order valence-electron chi connectivity index (χ2n) is 4.83. The zero-order valence-electron chi connectivity index (χ0n) is 8.61. The molecule has 1 heteroatoms. The maximum atomic E-state index is 6.11. The van der Waals surface area contributed by atoms with Crippen molar-refractivity contribution in [3.05, 3.63) is 11.3 Å². The second kappa shape index (κ2) is 3.51. The van der Waals surface area contributed by atoms with Crippen molar-refractivity contribution in [2.75, 3.05) is 0 Å². The van der Waals surface area contributed by atoms with E-state index in [-0.39, 0.29) is 5.41 Å². The molecule has 70 valence electrons. The highest BCUT2D eigenvalue weighted by atomic mass is 14.6. The summed E-state index contributed by atoms with van der Waals surface area (Å²) in [5.41, 5.74) is 8.94. The molecule has 0 aromatic heterocycles. The van der Waals surface area contributed by atoms with Crippen LogP contribution in [-0.2, 0) is 0 Å². The standard InChI is InChI=1S/C11H21N/c1-11(2,3)10(12)9-7-5-4-6-8-9/h4-8,12H2,1-3H3. The van der Waals surface area contributed by atoms with Crippen LogP contribution in [0.3, 0.4) is 0 Å². The summed E-state index contributed by atoms with van der Waals surface area (Å²) in [5, 5.41) is 0. The Morgan fingerprint density at radius 2 is 1.58 bits per heavy atom. The third-order valence-corrected chi connectivity index (χ3v) is 2.65. The van der Waals surface area contributed by atoms with E-state index in [1.807, 2.05) is 0 Å². The van der Waals surface area contributed by atoms with Crippen molar-refractivity contribution in [2.24, 2.45) is 11.1 Å². The maximum Gasteiger partial charge on any atom is 0.0127 e. The molecule has 1 aliphatic carbocycles. The monoisotopic (exact) mass is 167 g/mol. The van der Waals surface area contributed by atoms with Gasteiger partial charge in [0.15, 0.2) is 0 Å². The van der Waals surface area contributed by atoms with Gasteiger partial charge in [0.25, 0.3) is 0 Å². The predicted octanol–water partition coefficient (Wildman–Crippen LogP) is 3.21. The van der Waals surface area contributed by atoms with Crippen molar-refractivity contribution in [1.29, 1.82) is 0 Å². The molecule has 1 rings (SSSR count). The molecule has 0 aromatic carbocycles. The highest BCUT2D eigenvalue weighted by molar-refractivity contribution is 5.17. The van der Waals surface area contributed by atoms with Crippen molar-refractivity contribution in [2.45, 2.75) is 52.9 Å². The minimum Gasteiger partial charge on any atom is -0.402 e. The molecule has 0 aromatic rings. The van der Waals surface area contributed by atoms with Gasteiger partial charge in [0.05, 0.1) is 0 Å². The molecule has 0 heterocycles. The first-order chi connectivity index (χ1) is 5.52. The molecule has 12 heavy (non-hydrogen) atoms. The van der Waals surface area contributed by atoms with E-state index in [1.165, 1.54) is 37.7 Å². The predicted molar refractivity (Wildman–Crippen MR) is 53.8 cm³/mol. The molecule has 0 aliphatic heterocycles. The summed E-state index contributed by atoms with van der Waals surface area (Å²) < 4.78 is 0. The summed E-state index contributed by atoms with van der Waals surface area (Å²) in [5.74, 6) is 0. The molecule has 0 spiro atoms. The van der Waals surface area contributed by atoms with E-state index < -0.39 is 0 Å². The normalized spacial score (nSPS) is 19.4. The van der Waals surface area contributed by atoms with Crippen LogP contribution in [0.15, 0.2) is 11.3 Å². The number of hydrogen-bond donors (Lipinski definition) is 1. The Morgan fingerprint density at radius 1 is 1.08 bits per heavy atom. The molecule has 1 fully saturated rings. The van der Waals surface area contributed by atoms with Crippen molar-refractivity contribution in [3.8, 4) is 0 Å². The molecular formula is C11H21N. The van der Waals surface area contributed by atoms with Crippen LogP contribution in [0, 0.1) is 5.41 Å². The Hall–Kier alpha value is -0.460. The molecule has 0 unspecified atom stereocenters. The Morgan fingerprint density at radius 3 is 2.00 bits per heavy atom. The fourth-order valence-corrected chi connectivity index (χ4v) is 1.78. The Balaban J connectivity index is 2.74. The van der Waals surface area contributed by atoms with Gasteiger partial charge in [-0.1, -0.05) is 32.8 Å². The van der Waals surface area contributed by atoms with Gasteiger partial charge in [-0.25, -0.2) is 0 Å². The molecule has 0 atom stereocenters. The molecule has 1 aliphatic rings. The van der Waals surface area contributed by atoms with Gasteiger partial charge in [0, 0.05) is 11.1 Å². The summed E-state index contributed by atoms with van der Waals surface area (Å²) in [4.78, 5) is 0. The van der Waals surface area contributed by atoms with Gasteiger partial charge in [0.2, 0.25) is 0 Å². The van der Waals surface area contributed by atoms with Gasteiger partial charge in [-0.3, -0.25) is 0 Å². The van der Waals surface area contributed by atoms with E-state index in [4.69, 9.17) is 5.73 Å². The first-order valence-electron chi connectivity index (χ1n) is 5.00. The third-order valence-electron chi connectivity index (χ3n) is 2.65. The molecule has 1 nitrogen and oxygen atoms in total. The van der Waals surface area contributed by atoms with E-state index in [0.29, 0.717) is 0 Å². The van der Waals surface area contributed by atoms with Crippen molar-refractivity contribution >= 4 is 0 Å². The minimum atomic E-state index is 0.173. The number of rotatable bonds is 0. The first kappa shape index (κ1) is 9.63. The van der Waals surface area contributed by atoms with E-state index in [1.54, 1.807) is 0 Å². The highest BCUT2D eigenvalue weighted by Crippen LogP contribution is 2.31. The van der Waals surface area contributed by atoms with Gasteiger partial charge in [0.1, 0.15) is 0 Å². The van der Waals surface area contributed by atoms with Crippen LogP contribution < -0.4 is 5.73 Å². The lowest BCUT2D eigenvalue weighted by Gasteiger charge is -2.25. The zero-order valence-corrected chi connectivity index (χ0v) is 8.61. The molecule has 0 bridgehead atoms. The minimum absolute atomic E-state index is 0.173. The Bertz CT molecular complexity index is 176. The van der Waals surface area contributed by atoms with Gasteiger partial charge >= 0.3 is 0 Å². The molecule has 0 amide bonds. The first-order valence-corrected chi connectivity index (χ1v) is 5.00. The lowest BCUT2D eigenvalue weighted by atomic mass is 9.84. The zero-order chi connectivity index (χ0) is 9.19. The topological polar surface area (TPSA) is 26.0 Å². The fourth-order valence-electron chi connectivity index (χ4n) is 1.78. The highest BCUT2D eigenvalue weighted by Gasteiger charge is 2.19. The van der Waals surface area contributed by atoms with Crippen molar-refractivity contribution < 1.29 is 0 Å². The van der Waals surface area contributed by atoms with E-state index in [0.717, 1.165) is 5.70 Å². The smallest absolute Gasteiger partial charge is 0.0127 e. The summed E-state index contributed by atoms with van der Waals surface area (Å²) >= 11 is 0. The molecular weight excluding hydrogens is 146 g/mol.